The number of amides is 3. The highest BCUT2D eigenvalue weighted by Gasteiger charge is 2.39. The number of imide groups is 1. The first kappa shape index (κ1) is 20.7. The minimum Gasteiger partial charge on any atom is -0.367 e. The van der Waals surface area contributed by atoms with E-state index in [1.165, 1.54) is 16.8 Å². The second-order valence-corrected chi connectivity index (χ2v) is 8.92. The van der Waals surface area contributed by atoms with E-state index in [1.54, 1.807) is 4.90 Å². The molecule has 3 amide bonds. The number of nitrogens with one attached hydrogen (secondary N) is 1. The van der Waals surface area contributed by atoms with Crippen molar-refractivity contribution in [3.8, 4) is 0 Å². The number of nitrogens with two attached hydrogens (primary N) is 1. The molecule has 0 spiro atoms. The van der Waals surface area contributed by atoms with Crippen LogP contribution in [-0.4, -0.2) is 41.8 Å². The third kappa shape index (κ3) is 3.77. The van der Waals surface area contributed by atoms with Crippen LogP contribution in [0.3, 0.4) is 0 Å². The third-order valence-electron chi connectivity index (χ3n) is 6.76. The number of piperidine rings is 1. The van der Waals surface area contributed by atoms with E-state index in [4.69, 9.17) is 5.73 Å². The van der Waals surface area contributed by atoms with Gasteiger partial charge in [0.2, 0.25) is 11.8 Å². The number of rotatable bonds is 5. The predicted molar refractivity (Wildman–Crippen MR) is 121 cm³/mol. The first-order chi connectivity index (χ1) is 15.5. The van der Waals surface area contributed by atoms with Gasteiger partial charge in [0.25, 0.3) is 5.91 Å². The zero-order chi connectivity index (χ0) is 22.2. The van der Waals surface area contributed by atoms with Gasteiger partial charge < -0.3 is 15.5 Å². The fourth-order valence-electron chi connectivity index (χ4n) is 5.14. The number of hydrogen-bond acceptors (Lipinski definition) is 5. The van der Waals surface area contributed by atoms with Gasteiger partial charge in [0.05, 0.1) is 0 Å². The smallest absolute Gasteiger partial charge is 0.255 e. The summed E-state index contributed by atoms with van der Waals surface area (Å²) in [5.41, 5.74) is 12.3. The Hall–Kier alpha value is -3.19. The number of aryl methyl sites for hydroxylation is 1. The molecule has 0 aromatic heterocycles. The zero-order valence-electron chi connectivity index (χ0n) is 18.1. The van der Waals surface area contributed by atoms with Crippen molar-refractivity contribution in [3.63, 3.8) is 0 Å². The Balaban J connectivity index is 1.34. The number of anilines is 1. The van der Waals surface area contributed by atoms with Crippen molar-refractivity contribution in [2.75, 3.05) is 18.0 Å². The molecule has 3 heterocycles. The maximum atomic E-state index is 13.1. The van der Waals surface area contributed by atoms with Crippen molar-refractivity contribution in [2.45, 2.75) is 51.2 Å². The summed E-state index contributed by atoms with van der Waals surface area (Å²) in [5, 5.41) is 2.35. The van der Waals surface area contributed by atoms with Crippen molar-refractivity contribution in [2.24, 2.45) is 5.73 Å². The second-order valence-electron chi connectivity index (χ2n) is 8.92. The molecule has 0 aliphatic carbocycles. The van der Waals surface area contributed by atoms with Gasteiger partial charge in [0, 0.05) is 37.3 Å². The number of carbonyl (C=O) groups is 3. The monoisotopic (exact) mass is 432 g/mol. The topological polar surface area (TPSA) is 95.7 Å². The largest absolute Gasteiger partial charge is 0.367 e. The molecule has 3 aliphatic heterocycles. The fraction of sp³-hybridized carbons (Fsp3) is 0.400. The molecule has 0 radical (unpaired) electrons. The first-order valence-electron chi connectivity index (χ1n) is 11.4. The van der Waals surface area contributed by atoms with E-state index in [0.29, 0.717) is 25.1 Å². The Morgan fingerprint density at radius 2 is 1.84 bits per heavy atom. The summed E-state index contributed by atoms with van der Waals surface area (Å²) in [6.07, 6.45) is 3.72. The van der Waals surface area contributed by atoms with Gasteiger partial charge in [-0.05, 0) is 66.6 Å². The van der Waals surface area contributed by atoms with Gasteiger partial charge in [-0.15, -0.1) is 0 Å². The van der Waals surface area contributed by atoms with E-state index >= 15 is 0 Å². The molecular weight excluding hydrogens is 404 g/mol. The minimum absolute atomic E-state index is 0.123. The number of benzene rings is 2. The van der Waals surface area contributed by atoms with E-state index in [2.05, 4.69) is 34.5 Å². The Labute approximate surface area is 187 Å². The lowest BCUT2D eigenvalue weighted by Gasteiger charge is -2.32. The normalized spacial score (nSPS) is 20.3. The summed E-state index contributed by atoms with van der Waals surface area (Å²) in [5.74, 6) is -0.766. The Morgan fingerprint density at radius 1 is 1.00 bits per heavy atom. The molecule has 0 bridgehead atoms. The standard InChI is InChI=1S/C25H28N4O3/c26-10-9-16-4-6-21-18(12-16)2-1-11-28(21)14-17-3-5-19-15-29(25(32)20(19)13-17)22-7-8-23(30)27-24(22)31/h3-6,12-13,22H,1-2,7-11,14-15,26H2,(H,27,30,31). The minimum atomic E-state index is -0.576. The lowest BCUT2D eigenvalue weighted by Crippen LogP contribution is -2.52. The number of carbonyl (C=O) groups excluding carboxylic acids is 3. The van der Waals surface area contributed by atoms with Gasteiger partial charge in [-0.3, -0.25) is 19.7 Å². The van der Waals surface area contributed by atoms with Crippen molar-refractivity contribution in [1.29, 1.82) is 0 Å². The quantitative estimate of drug-likeness (QED) is 0.704. The van der Waals surface area contributed by atoms with Crippen LogP contribution in [0, 0.1) is 0 Å². The van der Waals surface area contributed by atoms with Gasteiger partial charge in [-0.2, -0.15) is 0 Å². The molecule has 1 saturated heterocycles. The summed E-state index contributed by atoms with van der Waals surface area (Å²) < 4.78 is 0. The number of nitrogens with zero attached hydrogens (tertiary/aromatic N) is 2. The van der Waals surface area contributed by atoms with Crippen molar-refractivity contribution >= 4 is 23.4 Å². The van der Waals surface area contributed by atoms with Gasteiger partial charge in [-0.1, -0.05) is 24.3 Å². The molecule has 3 N–H and O–H groups in total. The van der Waals surface area contributed by atoms with E-state index in [9.17, 15) is 14.4 Å². The molecule has 166 valence electrons. The summed E-state index contributed by atoms with van der Waals surface area (Å²) in [6.45, 7) is 2.79. The average molecular weight is 433 g/mol. The SMILES string of the molecule is NCCc1ccc2c(c1)CCCN2Cc1ccc2c(c1)C(=O)N(C1CCC(=O)NC1=O)C2. The highest BCUT2D eigenvalue weighted by Crippen LogP contribution is 2.32. The lowest BCUT2D eigenvalue weighted by atomic mass is 9.97. The van der Waals surface area contributed by atoms with Crippen molar-refractivity contribution in [1.82, 2.24) is 10.2 Å². The van der Waals surface area contributed by atoms with Crippen LogP contribution in [-0.2, 0) is 35.5 Å². The lowest BCUT2D eigenvalue weighted by molar-refractivity contribution is -0.136. The maximum absolute atomic E-state index is 13.1. The van der Waals surface area contributed by atoms with Crippen LogP contribution in [0.2, 0.25) is 0 Å². The first-order valence-corrected chi connectivity index (χ1v) is 11.4. The maximum Gasteiger partial charge on any atom is 0.255 e. The summed E-state index contributed by atoms with van der Waals surface area (Å²) in [7, 11) is 0. The van der Waals surface area contributed by atoms with E-state index in [1.807, 2.05) is 12.1 Å². The van der Waals surface area contributed by atoms with Crippen LogP contribution in [0.1, 0.15) is 51.9 Å². The van der Waals surface area contributed by atoms with Crippen LogP contribution < -0.4 is 16.0 Å². The Bertz CT molecular complexity index is 1100. The van der Waals surface area contributed by atoms with E-state index in [-0.39, 0.29) is 24.1 Å². The van der Waals surface area contributed by atoms with Crippen LogP contribution >= 0.6 is 0 Å². The molecule has 1 unspecified atom stereocenters. The van der Waals surface area contributed by atoms with Gasteiger partial charge in [0.1, 0.15) is 6.04 Å². The molecule has 32 heavy (non-hydrogen) atoms. The number of fused-ring (bicyclic) bond motifs is 2. The third-order valence-corrected chi connectivity index (χ3v) is 6.76. The zero-order valence-corrected chi connectivity index (χ0v) is 18.1. The fourth-order valence-corrected chi connectivity index (χ4v) is 5.14. The molecular formula is C25H28N4O3. The van der Waals surface area contributed by atoms with Crippen LogP contribution in [0.25, 0.3) is 0 Å². The Morgan fingerprint density at radius 3 is 2.66 bits per heavy atom. The highest BCUT2D eigenvalue weighted by molar-refractivity contribution is 6.05. The van der Waals surface area contributed by atoms with E-state index < -0.39 is 6.04 Å². The van der Waals surface area contributed by atoms with Crippen molar-refractivity contribution < 1.29 is 14.4 Å². The highest BCUT2D eigenvalue weighted by atomic mass is 16.2. The Kier molecular flexibility index (Phi) is 5.43. The molecule has 7 heteroatoms. The molecule has 7 nitrogen and oxygen atoms in total. The summed E-state index contributed by atoms with van der Waals surface area (Å²) in [6, 6.07) is 12.1. The molecule has 2 aromatic carbocycles. The number of hydrogen-bond donors (Lipinski definition) is 2. The van der Waals surface area contributed by atoms with Crippen LogP contribution in [0.15, 0.2) is 36.4 Å². The molecule has 2 aromatic rings. The summed E-state index contributed by atoms with van der Waals surface area (Å²) in [4.78, 5) is 40.8. The van der Waals surface area contributed by atoms with Gasteiger partial charge in [0.15, 0.2) is 0 Å². The van der Waals surface area contributed by atoms with Gasteiger partial charge in [-0.25, -0.2) is 0 Å². The predicted octanol–water partition coefficient (Wildman–Crippen LogP) is 1.90. The van der Waals surface area contributed by atoms with Gasteiger partial charge >= 0.3 is 0 Å². The van der Waals surface area contributed by atoms with Crippen LogP contribution in [0.4, 0.5) is 5.69 Å². The summed E-state index contributed by atoms with van der Waals surface area (Å²) >= 11 is 0. The molecule has 5 rings (SSSR count). The molecule has 1 fully saturated rings. The molecule has 3 aliphatic rings. The molecule has 1 atom stereocenters. The van der Waals surface area contributed by atoms with E-state index in [0.717, 1.165) is 43.5 Å². The van der Waals surface area contributed by atoms with Crippen molar-refractivity contribution in [3.05, 3.63) is 64.2 Å². The second kappa shape index (κ2) is 8.39. The average Bonchev–Trinajstić information content (AvgIpc) is 3.10. The molecule has 0 saturated carbocycles. The van der Waals surface area contributed by atoms with Crippen LogP contribution in [0.5, 0.6) is 0 Å².